The first kappa shape index (κ1) is 25.3. The van der Waals surface area contributed by atoms with Gasteiger partial charge in [-0.2, -0.15) is 0 Å². The number of rotatable bonds is 12. The van der Waals surface area contributed by atoms with Crippen molar-refractivity contribution in [3.63, 3.8) is 0 Å². The molecule has 192 valence electrons. The molecule has 0 aliphatic heterocycles. The van der Waals surface area contributed by atoms with Crippen LogP contribution in [0.15, 0.2) is 40.8 Å². The molecule has 0 bridgehead atoms. The molecule has 0 saturated heterocycles. The van der Waals surface area contributed by atoms with Crippen LogP contribution in [0.2, 0.25) is 0 Å². The first-order valence-corrected chi connectivity index (χ1v) is 12.9. The number of aryl methyl sites for hydroxylation is 1. The second kappa shape index (κ2) is 12.3. The molecule has 36 heavy (non-hydrogen) atoms. The van der Waals surface area contributed by atoms with Gasteiger partial charge in [-0.3, -0.25) is 9.59 Å². The number of nitrogens with one attached hydrogen (secondary N) is 4. The maximum atomic E-state index is 12.5. The van der Waals surface area contributed by atoms with Gasteiger partial charge in [0.1, 0.15) is 17.3 Å². The number of unbranched alkanes of at least 4 members (excludes halogenated alkanes) is 1. The van der Waals surface area contributed by atoms with Crippen molar-refractivity contribution in [1.82, 2.24) is 15.3 Å². The fraction of sp³-hybridized carbons (Fsp3) is 0.444. The van der Waals surface area contributed by atoms with Crippen LogP contribution in [0.4, 0.5) is 11.5 Å². The van der Waals surface area contributed by atoms with E-state index < -0.39 is 5.91 Å². The predicted octanol–water partition coefficient (Wildman–Crippen LogP) is 4.58. The summed E-state index contributed by atoms with van der Waals surface area (Å²) in [5, 5.41) is 9.44. The molecule has 2 aromatic heterocycles. The van der Waals surface area contributed by atoms with Gasteiger partial charge < -0.3 is 31.1 Å². The van der Waals surface area contributed by atoms with Crippen LogP contribution in [0.1, 0.15) is 90.1 Å². The Bertz CT molecular complexity index is 1140. The summed E-state index contributed by atoms with van der Waals surface area (Å²) in [7, 11) is 0. The van der Waals surface area contributed by atoms with E-state index in [0.717, 1.165) is 37.8 Å². The van der Waals surface area contributed by atoms with E-state index >= 15 is 0 Å². The molecule has 2 heterocycles. The molecule has 0 atom stereocenters. The lowest BCUT2D eigenvalue weighted by Gasteiger charge is -2.22. The van der Waals surface area contributed by atoms with Crippen LogP contribution in [0, 0.1) is 0 Å². The molecule has 1 aliphatic rings. The highest BCUT2D eigenvalue weighted by Crippen LogP contribution is 2.20. The molecule has 9 nitrogen and oxygen atoms in total. The summed E-state index contributed by atoms with van der Waals surface area (Å²) in [5.74, 6) is 0.925. The van der Waals surface area contributed by atoms with E-state index in [0.29, 0.717) is 30.5 Å². The minimum atomic E-state index is -0.608. The molecule has 3 aromatic rings. The van der Waals surface area contributed by atoms with Crippen molar-refractivity contribution < 1.29 is 14.0 Å². The minimum Gasteiger partial charge on any atom is -0.455 e. The summed E-state index contributed by atoms with van der Waals surface area (Å²) < 4.78 is 5.75. The number of benzene rings is 1. The van der Waals surface area contributed by atoms with Crippen LogP contribution in [-0.2, 0) is 12.8 Å². The number of carbonyl (C=O) groups excluding carboxylic acids is 2. The Morgan fingerprint density at radius 2 is 1.86 bits per heavy atom. The zero-order chi connectivity index (χ0) is 25.3. The molecule has 2 amide bonds. The van der Waals surface area contributed by atoms with Gasteiger partial charge in [-0.25, -0.2) is 4.98 Å². The molecule has 4 rings (SSSR count). The fourth-order valence-electron chi connectivity index (χ4n) is 4.48. The average Bonchev–Trinajstić information content (AvgIpc) is 3.52. The number of aromatic nitrogens is 2. The van der Waals surface area contributed by atoms with E-state index in [1.54, 1.807) is 12.1 Å². The van der Waals surface area contributed by atoms with Crippen LogP contribution in [0.25, 0.3) is 0 Å². The third-order valence-electron chi connectivity index (χ3n) is 6.49. The van der Waals surface area contributed by atoms with Crippen LogP contribution >= 0.6 is 0 Å². The van der Waals surface area contributed by atoms with Crippen LogP contribution in [0.3, 0.4) is 0 Å². The number of anilines is 2. The smallest absolute Gasteiger partial charge is 0.287 e. The van der Waals surface area contributed by atoms with Crippen molar-refractivity contribution in [2.75, 3.05) is 17.3 Å². The summed E-state index contributed by atoms with van der Waals surface area (Å²) in [6.45, 7) is 2.55. The largest absolute Gasteiger partial charge is 0.455 e. The lowest BCUT2D eigenvalue weighted by atomic mass is 9.95. The van der Waals surface area contributed by atoms with Crippen LogP contribution in [0.5, 0.6) is 0 Å². The van der Waals surface area contributed by atoms with Gasteiger partial charge in [0.05, 0.1) is 13.1 Å². The van der Waals surface area contributed by atoms with E-state index in [9.17, 15) is 9.59 Å². The Morgan fingerprint density at radius 1 is 1.08 bits per heavy atom. The van der Waals surface area contributed by atoms with Crippen molar-refractivity contribution in [2.45, 2.75) is 70.8 Å². The Kier molecular flexibility index (Phi) is 8.65. The number of nitrogens with zero attached hydrogens (tertiary/aromatic N) is 1. The maximum Gasteiger partial charge on any atom is 0.287 e. The van der Waals surface area contributed by atoms with Crippen molar-refractivity contribution in [1.29, 1.82) is 0 Å². The zero-order valence-corrected chi connectivity index (χ0v) is 20.9. The lowest BCUT2D eigenvalue weighted by Crippen LogP contribution is -2.35. The number of H-pyrrole nitrogens is 1. The standard InChI is InChI=1S/C27H36N6O3/c1-2-3-7-18-10-12-19(13-11-18)29-17-30-26-24(25(28)34)32-23(33-26)16-21-14-15-22(36-21)27(35)31-20-8-5-4-6-9-20/h10-15,20,29-30H,2-9,16-17H2,1H3,(H2,28,34)(H,31,35)(H,32,33). The zero-order valence-electron chi connectivity index (χ0n) is 20.9. The third kappa shape index (κ3) is 6.90. The molecule has 1 fully saturated rings. The first-order chi connectivity index (χ1) is 17.5. The number of primary amides is 1. The minimum absolute atomic E-state index is 0.197. The van der Waals surface area contributed by atoms with E-state index in [1.165, 1.54) is 24.8 Å². The summed E-state index contributed by atoms with van der Waals surface area (Å²) in [5.41, 5.74) is 8.03. The Balaban J connectivity index is 1.32. The number of hydrogen-bond acceptors (Lipinski definition) is 6. The predicted molar refractivity (Wildman–Crippen MR) is 140 cm³/mol. The van der Waals surface area contributed by atoms with Crippen molar-refractivity contribution in [3.8, 4) is 0 Å². The molecule has 1 saturated carbocycles. The lowest BCUT2D eigenvalue weighted by molar-refractivity contribution is 0.0897. The molecule has 9 heteroatoms. The van der Waals surface area contributed by atoms with Gasteiger partial charge in [0.2, 0.25) is 0 Å². The van der Waals surface area contributed by atoms with E-state index in [2.05, 4.69) is 45.0 Å². The number of amides is 2. The van der Waals surface area contributed by atoms with E-state index in [4.69, 9.17) is 10.2 Å². The highest BCUT2D eigenvalue weighted by atomic mass is 16.3. The highest BCUT2D eigenvalue weighted by Gasteiger charge is 2.20. The van der Waals surface area contributed by atoms with Gasteiger partial charge in [0.25, 0.3) is 11.8 Å². The number of hydrogen-bond donors (Lipinski definition) is 5. The fourth-order valence-corrected chi connectivity index (χ4v) is 4.48. The maximum absolute atomic E-state index is 12.5. The third-order valence-corrected chi connectivity index (χ3v) is 6.49. The summed E-state index contributed by atoms with van der Waals surface area (Å²) in [6, 6.07) is 11.9. The molecular formula is C27H36N6O3. The molecular weight excluding hydrogens is 456 g/mol. The Labute approximate surface area is 211 Å². The molecule has 0 unspecified atom stereocenters. The number of aromatic amines is 1. The van der Waals surface area contributed by atoms with E-state index in [1.807, 2.05) is 12.1 Å². The van der Waals surface area contributed by atoms with Crippen molar-refractivity contribution >= 4 is 23.3 Å². The molecule has 1 aromatic carbocycles. The van der Waals surface area contributed by atoms with Crippen molar-refractivity contribution in [3.05, 3.63) is 65.0 Å². The second-order valence-corrected chi connectivity index (χ2v) is 9.35. The quantitative estimate of drug-likeness (QED) is 0.235. The second-order valence-electron chi connectivity index (χ2n) is 9.35. The van der Waals surface area contributed by atoms with E-state index in [-0.39, 0.29) is 23.4 Å². The SMILES string of the molecule is CCCCc1ccc(NCNc2nc(Cc3ccc(C(=O)NC4CCCCC4)o3)[nH]c2C(N)=O)cc1. The van der Waals surface area contributed by atoms with Gasteiger partial charge in [-0.15, -0.1) is 0 Å². The molecule has 1 aliphatic carbocycles. The molecule has 0 spiro atoms. The number of imidazole rings is 1. The first-order valence-electron chi connectivity index (χ1n) is 12.9. The highest BCUT2D eigenvalue weighted by molar-refractivity contribution is 5.95. The van der Waals surface area contributed by atoms with Gasteiger partial charge in [-0.05, 0) is 55.5 Å². The van der Waals surface area contributed by atoms with Gasteiger partial charge in [0.15, 0.2) is 11.6 Å². The molecule has 0 radical (unpaired) electrons. The number of nitrogens with two attached hydrogens (primary N) is 1. The number of furan rings is 1. The summed E-state index contributed by atoms with van der Waals surface area (Å²) >= 11 is 0. The number of carbonyl (C=O) groups is 2. The van der Waals surface area contributed by atoms with Crippen LogP contribution < -0.4 is 21.7 Å². The topological polar surface area (TPSA) is 138 Å². The summed E-state index contributed by atoms with van der Waals surface area (Å²) in [6.07, 6.45) is 9.27. The van der Waals surface area contributed by atoms with Gasteiger partial charge in [-0.1, -0.05) is 44.7 Å². The molecule has 6 N–H and O–H groups in total. The monoisotopic (exact) mass is 492 g/mol. The Hall–Kier alpha value is -3.75. The average molecular weight is 493 g/mol. The van der Waals surface area contributed by atoms with Crippen molar-refractivity contribution in [2.24, 2.45) is 5.73 Å². The normalized spacial score (nSPS) is 13.9. The van der Waals surface area contributed by atoms with Gasteiger partial charge in [0, 0.05) is 11.7 Å². The Morgan fingerprint density at radius 3 is 2.58 bits per heavy atom. The van der Waals surface area contributed by atoms with Gasteiger partial charge >= 0.3 is 0 Å². The van der Waals surface area contributed by atoms with Crippen LogP contribution in [-0.4, -0.2) is 34.5 Å². The summed E-state index contributed by atoms with van der Waals surface area (Å²) in [4.78, 5) is 31.9.